The van der Waals surface area contributed by atoms with E-state index in [4.69, 9.17) is 14.0 Å². The van der Waals surface area contributed by atoms with E-state index in [0.717, 1.165) is 12.2 Å². The number of hydrogen-bond acceptors (Lipinski definition) is 7. The third-order valence-electron chi connectivity index (χ3n) is 4.56. The van der Waals surface area contributed by atoms with Gasteiger partial charge in [0.25, 0.3) is 5.91 Å². The number of methoxy groups -OCH3 is 1. The first-order valence-electron chi connectivity index (χ1n) is 8.99. The lowest BCUT2D eigenvalue weighted by Gasteiger charge is -2.17. The number of nitrogens with zero attached hydrogens (tertiary/aromatic N) is 4. The van der Waals surface area contributed by atoms with Gasteiger partial charge >= 0.3 is 0 Å². The second-order valence-corrected chi connectivity index (χ2v) is 6.52. The molecule has 8 nitrogen and oxygen atoms in total. The monoisotopic (exact) mass is 380 g/mol. The van der Waals surface area contributed by atoms with Crippen molar-refractivity contribution in [3.05, 3.63) is 54.0 Å². The van der Waals surface area contributed by atoms with Crippen molar-refractivity contribution in [3.8, 4) is 23.0 Å². The van der Waals surface area contributed by atoms with Crippen molar-refractivity contribution in [2.45, 2.75) is 19.4 Å². The molecule has 1 aliphatic heterocycles. The number of pyridine rings is 1. The summed E-state index contributed by atoms with van der Waals surface area (Å²) >= 11 is 0. The Morgan fingerprint density at radius 3 is 2.61 bits per heavy atom. The number of aryl methyl sites for hydroxylation is 1. The summed E-state index contributed by atoms with van der Waals surface area (Å²) in [4.78, 5) is 22.9. The first kappa shape index (κ1) is 18.0. The number of likely N-dealkylation sites (tertiary alicyclic amines) is 1. The van der Waals surface area contributed by atoms with E-state index < -0.39 is 0 Å². The Hall–Kier alpha value is -3.42. The number of aromatic nitrogens is 3. The third kappa shape index (κ3) is 3.80. The Bertz CT molecular complexity index is 953. The normalized spacial score (nSPS) is 16.2. The number of hydrogen-bond donors (Lipinski definition) is 0. The highest BCUT2D eigenvalue weighted by Crippen LogP contribution is 2.22. The van der Waals surface area contributed by atoms with Crippen LogP contribution in [0.15, 0.2) is 47.1 Å². The Labute approximate surface area is 162 Å². The molecule has 2 aromatic heterocycles. The van der Waals surface area contributed by atoms with E-state index >= 15 is 0 Å². The van der Waals surface area contributed by atoms with Gasteiger partial charge in [-0.2, -0.15) is 4.98 Å². The summed E-state index contributed by atoms with van der Waals surface area (Å²) < 4.78 is 16.1. The van der Waals surface area contributed by atoms with E-state index in [9.17, 15) is 4.79 Å². The molecule has 0 saturated carbocycles. The molecule has 1 aliphatic rings. The van der Waals surface area contributed by atoms with Gasteiger partial charge in [0.15, 0.2) is 0 Å². The zero-order chi connectivity index (χ0) is 19.5. The van der Waals surface area contributed by atoms with Gasteiger partial charge in [-0.25, -0.2) is 4.98 Å². The molecule has 0 bridgehead atoms. The molecular weight excluding hydrogens is 360 g/mol. The molecule has 1 atom stereocenters. The maximum Gasteiger partial charge on any atom is 0.253 e. The number of amides is 1. The fraction of sp³-hybridized carbons (Fsp3) is 0.300. The van der Waals surface area contributed by atoms with Crippen LogP contribution in [0.4, 0.5) is 0 Å². The van der Waals surface area contributed by atoms with Crippen LogP contribution in [-0.2, 0) is 0 Å². The second kappa shape index (κ2) is 7.67. The van der Waals surface area contributed by atoms with Gasteiger partial charge in [0.2, 0.25) is 11.7 Å². The summed E-state index contributed by atoms with van der Waals surface area (Å²) in [5.41, 5.74) is 1.26. The van der Waals surface area contributed by atoms with Crippen molar-refractivity contribution in [2.24, 2.45) is 0 Å². The fourth-order valence-electron chi connectivity index (χ4n) is 3.10. The van der Waals surface area contributed by atoms with Gasteiger partial charge < -0.3 is 18.9 Å². The molecule has 3 heterocycles. The van der Waals surface area contributed by atoms with Crippen molar-refractivity contribution >= 4 is 5.91 Å². The average molecular weight is 380 g/mol. The molecule has 0 aliphatic carbocycles. The number of rotatable bonds is 5. The Kier molecular flexibility index (Phi) is 4.92. The highest BCUT2D eigenvalue weighted by Gasteiger charge is 2.28. The lowest BCUT2D eigenvalue weighted by atomic mass is 10.2. The lowest BCUT2D eigenvalue weighted by Crippen LogP contribution is -2.30. The summed E-state index contributed by atoms with van der Waals surface area (Å²) in [5, 5.41) is 3.85. The molecule has 0 N–H and O–H groups in total. The first-order valence-corrected chi connectivity index (χ1v) is 8.99. The molecule has 144 valence electrons. The number of carbonyl (C=O) groups is 1. The van der Waals surface area contributed by atoms with Gasteiger partial charge in [0.05, 0.1) is 19.9 Å². The standard InChI is InChI=1S/C20H20N4O4/c1-13-22-19(23-28-13)18-8-7-16(11-21-18)27-17-9-10-24(12-17)20(25)14-3-5-15(26-2)6-4-14/h3-8,11,17H,9-10,12H2,1-2H3/t17-/m0/s1. The van der Waals surface area contributed by atoms with Gasteiger partial charge in [-0.05, 0) is 36.4 Å². The third-order valence-corrected chi connectivity index (χ3v) is 4.56. The topological polar surface area (TPSA) is 90.6 Å². The van der Waals surface area contributed by atoms with Crippen molar-refractivity contribution in [1.82, 2.24) is 20.0 Å². The second-order valence-electron chi connectivity index (χ2n) is 6.52. The van der Waals surface area contributed by atoms with Crippen molar-refractivity contribution in [2.75, 3.05) is 20.2 Å². The van der Waals surface area contributed by atoms with E-state index in [1.54, 1.807) is 55.5 Å². The minimum Gasteiger partial charge on any atom is -0.497 e. The van der Waals surface area contributed by atoms with Crippen LogP contribution >= 0.6 is 0 Å². The van der Waals surface area contributed by atoms with E-state index in [-0.39, 0.29) is 12.0 Å². The van der Waals surface area contributed by atoms with Crippen LogP contribution in [0.2, 0.25) is 0 Å². The molecule has 1 aromatic carbocycles. The Balaban J connectivity index is 1.35. The van der Waals surface area contributed by atoms with Gasteiger partial charge in [0, 0.05) is 25.5 Å². The highest BCUT2D eigenvalue weighted by molar-refractivity contribution is 5.94. The smallest absolute Gasteiger partial charge is 0.253 e. The van der Waals surface area contributed by atoms with Crippen LogP contribution in [-0.4, -0.2) is 52.2 Å². The van der Waals surface area contributed by atoms with Crippen molar-refractivity contribution in [3.63, 3.8) is 0 Å². The molecule has 0 radical (unpaired) electrons. The van der Waals surface area contributed by atoms with Crippen molar-refractivity contribution < 1.29 is 18.8 Å². The predicted molar refractivity (Wildman–Crippen MR) is 100 cm³/mol. The summed E-state index contributed by atoms with van der Waals surface area (Å²) in [6.07, 6.45) is 2.34. The zero-order valence-electron chi connectivity index (χ0n) is 15.7. The lowest BCUT2D eigenvalue weighted by molar-refractivity contribution is 0.0772. The van der Waals surface area contributed by atoms with Gasteiger partial charge in [-0.3, -0.25) is 4.79 Å². The minimum atomic E-state index is -0.0673. The molecule has 0 unspecified atom stereocenters. The SMILES string of the molecule is COc1ccc(C(=O)N2CC[C@H](Oc3ccc(-c4noc(C)n4)nc3)C2)cc1. The van der Waals surface area contributed by atoms with E-state index in [1.165, 1.54) is 0 Å². The molecule has 1 saturated heterocycles. The van der Waals surface area contributed by atoms with E-state index in [0.29, 0.717) is 41.8 Å². The van der Waals surface area contributed by atoms with E-state index in [2.05, 4.69) is 15.1 Å². The summed E-state index contributed by atoms with van der Waals surface area (Å²) in [5.74, 6) is 2.31. The first-order chi connectivity index (χ1) is 13.6. The molecule has 0 spiro atoms. The van der Waals surface area contributed by atoms with Gasteiger partial charge in [-0.15, -0.1) is 0 Å². The molecule has 1 fully saturated rings. The molecule has 4 rings (SSSR count). The molecular formula is C20H20N4O4. The summed E-state index contributed by atoms with van der Waals surface area (Å²) in [6.45, 7) is 2.92. The van der Waals surface area contributed by atoms with Gasteiger partial charge in [0.1, 0.15) is 23.3 Å². The fourth-order valence-corrected chi connectivity index (χ4v) is 3.10. The van der Waals surface area contributed by atoms with Crippen LogP contribution in [0.3, 0.4) is 0 Å². The Morgan fingerprint density at radius 1 is 1.18 bits per heavy atom. The number of ether oxygens (including phenoxy) is 2. The molecule has 3 aromatic rings. The van der Waals surface area contributed by atoms with Crippen LogP contribution in [0.1, 0.15) is 22.7 Å². The van der Waals surface area contributed by atoms with Gasteiger partial charge in [-0.1, -0.05) is 5.16 Å². The maximum atomic E-state index is 12.6. The summed E-state index contributed by atoms with van der Waals surface area (Å²) in [6, 6.07) is 10.7. The van der Waals surface area contributed by atoms with E-state index in [1.807, 2.05) is 6.07 Å². The zero-order valence-corrected chi connectivity index (χ0v) is 15.7. The van der Waals surface area contributed by atoms with Crippen molar-refractivity contribution in [1.29, 1.82) is 0 Å². The minimum absolute atomic E-state index is 0.00491. The Morgan fingerprint density at radius 2 is 1.96 bits per heavy atom. The number of carbonyl (C=O) groups excluding carboxylic acids is 1. The molecule has 1 amide bonds. The van der Waals surface area contributed by atoms with Crippen LogP contribution < -0.4 is 9.47 Å². The maximum absolute atomic E-state index is 12.6. The summed E-state index contributed by atoms with van der Waals surface area (Å²) in [7, 11) is 1.60. The number of benzene rings is 1. The van der Waals surface area contributed by atoms with Crippen LogP contribution in [0.5, 0.6) is 11.5 Å². The average Bonchev–Trinajstić information content (AvgIpc) is 3.37. The molecule has 28 heavy (non-hydrogen) atoms. The predicted octanol–water partition coefficient (Wildman–Crippen LogP) is 2.74. The molecule has 8 heteroatoms. The largest absolute Gasteiger partial charge is 0.497 e. The highest BCUT2D eigenvalue weighted by atomic mass is 16.5. The van der Waals surface area contributed by atoms with Crippen LogP contribution in [0, 0.1) is 6.92 Å². The quantitative estimate of drug-likeness (QED) is 0.672. The van der Waals surface area contributed by atoms with Crippen LogP contribution in [0.25, 0.3) is 11.5 Å².